The Balaban J connectivity index is -0.00000000500. The molecule has 0 unspecified atom stereocenters. The molecule has 0 rings (SSSR count). The van der Waals surface area contributed by atoms with E-state index in [0.717, 1.165) is 0 Å². The van der Waals surface area contributed by atoms with E-state index < -0.39 is 0 Å². The third kappa shape index (κ3) is 8.83. The number of hydrogen-bond donors (Lipinski definition) is 0. The second kappa shape index (κ2) is 17.3. The second-order valence-corrected chi connectivity index (χ2v) is 0. The van der Waals surface area contributed by atoms with E-state index in [2.05, 4.69) is 0 Å². The van der Waals surface area contributed by atoms with Gasteiger partial charge in [-0.2, -0.15) is 0 Å². The maximum absolute atomic E-state index is 8.30. The van der Waals surface area contributed by atoms with Crippen molar-refractivity contribution in [1.82, 2.24) is 0 Å². The van der Waals surface area contributed by atoms with Gasteiger partial charge in [-0.25, -0.2) is 0 Å². The molecule has 0 bridgehead atoms. The Bertz CT molecular complexity index is 8.00. The molecular formula is BaFeOSb. The molecule has 0 aromatic rings. The van der Waals surface area contributed by atoms with Crippen molar-refractivity contribution in [2.75, 3.05) is 0 Å². The fraction of sp³-hybridized carbons (Fsp3) is 0. The SMILES string of the molecule is [Ba].[Fe].[O]=[Sb]. The van der Waals surface area contributed by atoms with Crippen LogP contribution in [-0.2, 0) is 20.1 Å². The van der Waals surface area contributed by atoms with Gasteiger partial charge in [-0.1, -0.05) is 0 Å². The minimum absolute atomic E-state index is 0. The molecule has 4 heavy (non-hydrogen) atoms. The van der Waals surface area contributed by atoms with E-state index >= 15 is 0 Å². The Morgan fingerprint density at radius 3 is 1.25 bits per heavy atom. The predicted molar refractivity (Wildman–Crippen MR) is 12.2 cm³/mol. The first-order chi connectivity index (χ1) is 1.00. The molecule has 0 heterocycles. The van der Waals surface area contributed by atoms with Crippen LogP contribution in [-0.4, -0.2) is 71.9 Å². The van der Waals surface area contributed by atoms with Gasteiger partial charge in [0.25, 0.3) is 0 Å². The summed E-state index contributed by atoms with van der Waals surface area (Å²) in [6, 6.07) is 0. The van der Waals surface area contributed by atoms with Crippen LogP contribution < -0.4 is 0 Å². The summed E-state index contributed by atoms with van der Waals surface area (Å²) in [6.45, 7) is 0. The molecule has 0 aliphatic heterocycles. The monoisotopic (exact) mass is 331 g/mol. The summed E-state index contributed by atoms with van der Waals surface area (Å²) in [4.78, 5) is 0. The summed E-state index contributed by atoms with van der Waals surface area (Å²) in [5.74, 6) is 0. The van der Waals surface area contributed by atoms with Gasteiger partial charge in [0.1, 0.15) is 0 Å². The third-order valence-electron chi connectivity index (χ3n) is 0. The van der Waals surface area contributed by atoms with E-state index in [9.17, 15) is 0 Å². The van der Waals surface area contributed by atoms with Gasteiger partial charge in [0.2, 0.25) is 0 Å². The molecule has 1 nitrogen and oxygen atoms in total. The van der Waals surface area contributed by atoms with Crippen molar-refractivity contribution < 1.29 is 20.1 Å². The van der Waals surface area contributed by atoms with Gasteiger partial charge in [0.15, 0.2) is 0 Å². The van der Waals surface area contributed by atoms with E-state index in [1.54, 1.807) is 0 Å². The molecule has 0 aliphatic rings. The molecule has 21 valence electrons. The van der Waals surface area contributed by atoms with E-state index in [1.165, 1.54) is 0 Å². The van der Waals surface area contributed by atoms with Crippen molar-refractivity contribution in [1.29, 1.82) is 0 Å². The first kappa shape index (κ1) is 15.9. The van der Waals surface area contributed by atoms with Crippen LogP contribution in [0.4, 0.5) is 0 Å². The average molecular weight is 331 g/mol. The number of hydrogen-bond acceptors (Lipinski definition) is 1. The second-order valence-electron chi connectivity index (χ2n) is 0. The van der Waals surface area contributed by atoms with Crippen LogP contribution in [0.2, 0.25) is 0 Å². The Morgan fingerprint density at radius 2 is 1.25 bits per heavy atom. The molecule has 0 aromatic carbocycles. The van der Waals surface area contributed by atoms with Crippen LogP contribution >= 0.6 is 0 Å². The molecule has 0 aromatic heterocycles. The fourth-order valence-electron chi connectivity index (χ4n) is 0. The van der Waals surface area contributed by atoms with Crippen molar-refractivity contribution in [3.8, 4) is 0 Å². The number of rotatable bonds is 0. The molecule has 0 aliphatic carbocycles. The molecule has 0 spiro atoms. The zero-order chi connectivity index (χ0) is 2.00. The van der Waals surface area contributed by atoms with Crippen molar-refractivity contribution in [3.05, 3.63) is 0 Å². The molecular weight excluding hydrogens is 331 g/mol. The van der Waals surface area contributed by atoms with E-state index in [0.29, 0.717) is 23.0 Å². The first-order valence-corrected chi connectivity index (χ1v) is 1.22. The van der Waals surface area contributed by atoms with Crippen LogP contribution in [0.15, 0.2) is 0 Å². The Labute approximate surface area is 89.7 Å². The third-order valence-corrected chi connectivity index (χ3v) is 0. The van der Waals surface area contributed by atoms with Crippen LogP contribution in [0.1, 0.15) is 0 Å². The van der Waals surface area contributed by atoms with Crippen LogP contribution in [0, 0.1) is 0 Å². The Morgan fingerprint density at radius 1 is 1.25 bits per heavy atom. The quantitative estimate of drug-likeness (QED) is 0.527. The Hall–Kier alpha value is 2.71. The molecule has 0 saturated heterocycles. The average Bonchev–Trinajstić information content (AvgIpc) is 1.00. The van der Waals surface area contributed by atoms with Crippen LogP contribution in [0.3, 0.4) is 0 Å². The summed E-state index contributed by atoms with van der Waals surface area (Å²) in [5, 5.41) is 0. The maximum atomic E-state index is 8.30. The van der Waals surface area contributed by atoms with Gasteiger partial charge in [0.05, 0.1) is 0 Å². The van der Waals surface area contributed by atoms with Crippen molar-refractivity contribution in [3.63, 3.8) is 0 Å². The van der Waals surface area contributed by atoms with Gasteiger partial charge in [-0.3, -0.25) is 0 Å². The molecule has 3 radical (unpaired) electrons. The summed E-state index contributed by atoms with van der Waals surface area (Å²) in [6.07, 6.45) is 0. The standard InChI is InChI=1S/Ba.Fe.O.Sb. The zero-order valence-corrected chi connectivity index (χ0v) is 10.0. The van der Waals surface area contributed by atoms with Gasteiger partial charge in [-0.15, -0.1) is 0 Å². The van der Waals surface area contributed by atoms with Gasteiger partial charge in [0, 0.05) is 65.9 Å². The molecule has 0 N–H and O–H groups in total. The molecule has 0 fully saturated rings. The predicted octanol–water partition coefficient (Wildman–Crippen LogP) is -0.883. The summed E-state index contributed by atoms with van der Waals surface area (Å²) in [7, 11) is 0. The molecule has 0 atom stereocenters. The Kier molecular flexibility index (Phi) is 68.5. The van der Waals surface area contributed by atoms with E-state index in [-0.39, 0.29) is 65.9 Å². The van der Waals surface area contributed by atoms with E-state index in [4.69, 9.17) is 3.02 Å². The summed E-state index contributed by atoms with van der Waals surface area (Å²) >= 11 is 0.500. The van der Waals surface area contributed by atoms with Gasteiger partial charge in [-0.05, 0) is 0 Å². The molecule has 0 amide bonds. The summed E-state index contributed by atoms with van der Waals surface area (Å²) < 4.78 is 8.30. The van der Waals surface area contributed by atoms with E-state index in [1.807, 2.05) is 0 Å². The topological polar surface area (TPSA) is 17.1 Å². The molecule has 4 heteroatoms. The fourth-order valence-corrected chi connectivity index (χ4v) is 0. The zero-order valence-electron chi connectivity index (χ0n) is 1.92. The van der Waals surface area contributed by atoms with Crippen molar-refractivity contribution in [2.24, 2.45) is 0 Å². The van der Waals surface area contributed by atoms with Crippen molar-refractivity contribution >= 4 is 71.9 Å². The first-order valence-electron chi connectivity index (χ1n) is 0.183. The van der Waals surface area contributed by atoms with Crippen LogP contribution in [0.5, 0.6) is 0 Å². The normalized spacial score (nSPS) is 1.00. The van der Waals surface area contributed by atoms with Crippen molar-refractivity contribution in [2.45, 2.75) is 0 Å². The van der Waals surface area contributed by atoms with Gasteiger partial charge < -0.3 is 0 Å². The van der Waals surface area contributed by atoms with Gasteiger partial charge >= 0.3 is 26.0 Å². The molecule has 0 saturated carbocycles. The minimum atomic E-state index is 0. The summed E-state index contributed by atoms with van der Waals surface area (Å²) in [5.41, 5.74) is 0. The van der Waals surface area contributed by atoms with Crippen LogP contribution in [0.25, 0.3) is 0 Å².